The van der Waals surface area contributed by atoms with Gasteiger partial charge in [-0.15, -0.1) is 0 Å². The Kier molecular flexibility index (Phi) is 3.37. The lowest BCUT2D eigenvalue weighted by Crippen LogP contribution is -2.24. The minimum atomic E-state index is -0.636. The van der Waals surface area contributed by atoms with Crippen LogP contribution in [0.2, 0.25) is 0 Å². The number of para-hydroxylation sites is 1. The fraction of sp³-hybridized carbons (Fsp3) is 0.100. The van der Waals surface area contributed by atoms with Crippen molar-refractivity contribution in [2.45, 2.75) is 6.54 Å². The van der Waals surface area contributed by atoms with Crippen molar-refractivity contribution in [3.63, 3.8) is 0 Å². The molecule has 1 aromatic carbocycles. The SMILES string of the molecule is Nc1c(C(=O)NCc2ncn[nH]2)cccc1[N+](=O)[O-]. The highest BCUT2D eigenvalue weighted by Gasteiger charge is 2.18. The van der Waals surface area contributed by atoms with E-state index in [1.165, 1.54) is 24.5 Å². The van der Waals surface area contributed by atoms with E-state index in [1.54, 1.807) is 0 Å². The summed E-state index contributed by atoms with van der Waals surface area (Å²) in [4.78, 5) is 25.8. The first-order valence-corrected chi connectivity index (χ1v) is 5.25. The third kappa shape index (κ3) is 2.65. The van der Waals surface area contributed by atoms with Crippen LogP contribution in [0.5, 0.6) is 0 Å². The summed E-state index contributed by atoms with van der Waals surface area (Å²) < 4.78 is 0. The largest absolute Gasteiger partial charge is 0.393 e. The second-order valence-corrected chi connectivity index (χ2v) is 3.61. The van der Waals surface area contributed by atoms with Gasteiger partial charge >= 0.3 is 0 Å². The molecule has 19 heavy (non-hydrogen) atoms. The third-order valence-electron chi connectivity index (χ3n) is 2.41. The number of anilines is 1. The Morgan fingerprint density at radius 3 is 2.95 bits per heavy atom. The van der Waals surface area contributed by atoms with Gasteiger partial charge in [-0.3, -0.25) is 20.0 Å². The summed E-state index contributed by atoms with van der Waals surface area (Å²) in [5, 5.41) is 19.4. The normalized spacial score (nSPS) is 10.1. The van der Waals surface area contributed by atoms with Gasteiger partial charge in [0.25, 0.3) is 11.6 Å². The van der Waals surface area contributed by atoms with Crippen LogP contribution in [-0.2, 0) is 6.54 Å². The molecule has 0 aliphatic rings. The lowest BCUT2D eigenvalue weighted by Gasteiger charge is -2.06. The lowest BCUT2D eigenvalue weighted by atomic mass is 10.1. The Morgan fingerprint density at radius 2 is 2.32 bits per heavy atom. The second kappa shape index (κ2) is 5.12. The number of rotatable bonds is 4. The molecular formula is C10H10N6O3. The molecule has 0 saturated carbocycles. The van der Waals surface area contributed by atoms with Crippen LogP contribution in [0.4, 0.5) is 11.4 Å². The number of benzene rings is 1. The van der Waals surface area contributed by atoms with Gasteiger partial charge in [0.1, 0.15) is 17.8 Å². The summed E-state index contributed by atoms with van der Waals surface area (Å²) in [6.07, 6.45) is 1.31. The van der Waals surface area contributed by atoms with Crippen molar-refractivity contribution in [3.8, 4) is 0 Å². The second-order valence-electron chi connectivity index (χ2n) is 3.61. The number of nitro groups is 1. The smallest absolute Gasteiger partial charge is 0.292 e. The maximum absolute atomic E-state index is 11.9. The molecule has 2 rings (SSSR count). The molecule has 9 heteroatoms. The van der Waals surface area contributed by atoms with Crippen LogP contribution in [0.15, 0.2) is 24.5 Å². The molecular weight excluding hydrogens is 252 g/mol. The van der Waals surface area contributed by atoms with Gasteiger partial charge < -0.3 is 11.1 Å². The van der Waals surface area contributed by atoms with Crippen LogP contribution in [0.25, 0.3) is 0 Å². The number of nitrogen functional groups attached to an aromatic ring is 1. The van der Waals surface area contributed by atoms with Gasteiger partial charge in [-0.25, -0.2) is 4.98 Å². The summed E-state index contributed by atoms with van der Waals surface area (Å²) in [5.41, 5.74) is 5.18. The summed E-state index contributed by atoms with van der Waals surface area (Å²) in [5.74, 6) is -0.0463. The Labute approximate surface area is 107 Å². The molecule has 4 N–H and O–H groups in total. The minimum absolute atomic E-state index is 0.0497. The first-order chi connectivity index (χ1) is 9.09. The first-order valence-electron chi connectivity index (χ1n) is 5.25. The van der Waals surface area contributed by atoms with Gasteiger partial charge in [0.05, 0.1) is 17.0 Å². The molecule has 1 heterocycles. The van der Waals surface area contributed by atoms with Crippen LogP contribution < -0.4 is 11.1 Å². The lowest BCUT2D eigenvalue weighted by molar-refractivity contribution is -0.383. The maximum atomic E-state index is 11.9. The number of H-pyrrole nitrogens is 1. The Bertz CT molecular complexity index is 610. The van der Waals surface area contributed by atoms with Gasteiger partial charge in [-0.2, -0.15) is 5.10 Å². The van der Waals surface area contributed by atoms with E-state index in [-0.39, 0.29) is 23.5 Å². The van der Waals surface area contributed by atoms with Crippen LogP contribution >= 0.6 is 0 Å². The number of nitrogens with two attached hydrogens (primary N) is 1. The zero-order valence-corrected chi connectivity index (χ0v) is 9.66. The number of carbonyl (C=O) groups excluding carboxylic acids is 1. The van der Waals surface area contributed by atoms with Crippen LogP contribution in [0.1, 0.15) is 16.2 Å². The van der Waals surface area contributed by atoms with E-state index >= 15 is 0 Å². The number of carbonyl (C=O) groups is 1. The summed E-state index contributed by atoms with van der Waals surface area (Å²) >= 11 is 0. The van der Waals surface area contributed by atoms with Gasteiger partial charge in [-0.05, 0) is 6.07 Å². The summed E-state index contributed by atoms with van der Waals surface area (Å²) in [6, 6.07) is 4.05. The number of hydrogen-bond donors (Lipinski definition) is 3. The molecule has 0 atom stereocenters. The van der Waals surface area contributed by atoms with Gasteiger partial charge in [-0.1, -0.05) is 6.07 Å². The highest BCUT2D eigenvalue weighted by Crippen LogP contribution is 2.24. The zero-order chi connectivity index (χ0) is 13.8. The van der Waals surface area contributed by atoms with Crippen molar-refractivity contribution < 1.29 is 9.72 Å². The van der Waals surface area contributed by atoms with E-state index in [2.05, 4.69) is 20.5 Å². The quantitative estimate of drug-likeness (QED) is 0.409. The van der Waals surface area contributed by atoms with Crippen LogP contribution in [0.3, 0.4) is 0 Å². The van der Waals surface area contributed by atoms with Crippen molar-refractivity contribution >= 4 is 17.3 Å². The zero-order valence-electron chi connectivity index (χ0n) is 9.66. The number of amides is 1. The Morgan fingerprint density at radius 1 is 1.53 bits per heavy atom. The molecule has 0 bridgehead atoms. The van der Waals surface area contributed by atoms with Gasteiger partial charge in [0, 0.05) is 6.07 Å². The average Bonchev–Trinajstić information content (AvgIpc) is 2.89. The number of nitrogens with zero attached hydrogens (tertiary/aromatic N) is 3. The monoisotopic (exact) mass is 262 g/mol. The van der Waals surface area contributed by atoms with Gasteiger partial charge in [0.2, 0.25) is 0 Å². The third-order valence-corrected chi connectivity index (χ3v) is 2.41. The van der Waals surface area contributed by atoms with Crippen molar-refractivity contribution in [2.24, 2.45) is 0 Å². The predicted octanol–water partition coefficient (Wildman–Crippen LogP) is 0.225. The molecule has 0 aliphatic carbocycles. The number of nitro benzene ring substituents is 1. The van der Waals surface area contributed by atoms with E-state index in [4.69, 9.17) is 5.73 Å². The number of nitrogens with one attached hydrogen (secondary N) is 2. The molecule has 0 aliphatic heterocycles. The highest BCUT2D eigenvalue weighted by atomic mass is 16.6. The van der Waals surface area contributed by atoms with E-state index in [0.717, 1.165) is 0 Å². The van der Waals surface area contributed by atoms with E-state index in [9.17, 15) is 14.9 Å². The average molecular weight is 262 g/mol. The molecule has 0 unspecified atom stereocenters. The van der Waals surface area contributed by atoms with E-state index in [1.807, 2.05) is 0 Å². The molecule has 98 valence electrons. The number of hydrogen-bond acceptors (Lipinski definition) is 6. The molecule has 0 radical (unpaired) electrons. The van der Waals surface area contributed by atoms with Crippen molar-refractivity contribution in [1.29, 1.82) is 0 Å². The molecule has 0 fully saturated rings. The highest BCUT2D eigenvalue weighted by molar-refractivity contribution is 6.00. The van der Waals surface area contributed by atoms with E-state index < -0.39 is 10.8 Å². The summed E-state index contributed by atoms with van der Waals surface area (Å²) in [6.45, 7) is 0.126. The predicted molar refractivity (Wildman–Crippen MR) is 65.1 cm³/mol. The number of aromatic amines is 1. The molecule has 1 amide bonds. The molecule has 0 spiro atoms. The van der Waals surface area contributed by atoms with Crippen molar-refractivity contribution in [1.82, 2.24) is 20.5 Å². The molecule has 1 aromatic heterocycles. The van der Waals surface area contributed by atoms with Crippen LogP contribution in [0, 0.1) is 10.1 Å². The fourth-order valence-corrected chi connectivity index (χ4v) is 1.49. The van der Waals surface area contributed by atoms with E-state index in [0.29, 0.717) is 5.82 Å². The fourth-order valence-electron chi connectivity index (χ4n) is 1.49. The minimum Gasteiger partial charge on any atom is -0.393 e. The molecule has 9 nitrogen and oxygen atoms in total. The molecule has 2 aromatic rings. The van der Waals surface area contributed by atoms with Crippen molar-refractivity contribution in [2.75, 3.05) is 5.73 Å². The Hall–Kier alpha value is -2.97. The first kappa shape index (κ1) is 12.5. The standard InChI is InChI=1S/C10H10N6O3/c11-9-6(2-1-3-7(9)16(18)19)10(17)12-4-8-13-5-14-15-8/h1-3,5H,4,11H2,(H,12,17)(H,13,14,15). The van der Waals surface area contributed by atoms with Gasteiger partial charge in [0.15, 0.2) is 0 Å². The molecule has 0 saturated heterocycles. The summed E-state index contributed by atoms with van der Waals surface area (Å²) in [7, 11) is 0. The Balaban J connectivity index is 2.15. The maximum Gasteiger partial charge on any atom is 0.292 e. The van der Waals surface area contributed by atoms with Crippen LogP contribution in [-0.4, -0.2) is 26.0 Å². The van der Waals surface area contributed by atoms with Crippen molar-refractivity contribution in [3.05, 3.63) is 46.0 Å². The topological polar surface area (TPSA) is 140 Å². The number of aromatic nitrogens is 3.